The van der Waals surface area contributed by atoms with Crippen LogP contribution in [0.25, 0.3) is 0 Å². The number of fused-ring (bicyclic) bond motifs is 1. The van der Waals surface area contributed by atoms with Gasteiger partial charge in [0.2, 0.25) is 0 Å². The van der Waals surface area contributed by atoms with Gasteiger partial charge < -0.3 is 5.11 Å². The van der Waals surface area contributed by atoms with Gasteiger partial charge in [0, 0.05) is 18.4 Å². The highest BCUT2D eigenvalue weighted by molar-refractivity contribution is 6.08. The van der Waals surface area contributed by atoms with E-state index in [0.717, 1.165) is 12.0 Å². The Morgan fingerprint density at radius 2 is 2.00 bits per heavy atom. The number of urea groups is 1. The number of imide groups is 1. The van der Waals surface area contributed by atoms with Crippen molar-refractivity contribution in [2.45, 2.75) is 43.3 Å². The second-order valence-electron chi connectivity index (χ2n) is 6.94. The molecular formula is C17H19N3O4. The van der Waals surface area contributed by atoms with Gasteiger partial charge in [-0.1, -0.05) is 30.3 Å². The second-order valence-corrected chi connectivity index (χ2v) is 6.94. The molecule has 1 aliphatic carbocycles. The summed E-state index contributed by atoms with van der Waals surface area (Å²) in [5.74, 6) is -1.10. The summed E-state index contributed by atoms with van der Waals surface area (Å²) in [4.78, 5) is 39.7. The number of nitrogens with zero attached hydrogens (tertiary/aromatic N) is 2. The lowest BCUT2D eigenvalue weighted by Gasteiger charge is -2.39. The Bertz CT molecular complexity index is 722. The average Bonchev–Trinajstić information content (AvgIpc) is 3.32. The van der Waals surface area contributed by atoms with Crippen LogP contribution in [0, 0.1) is 0 Å². The van der Waals surface area contributed by atoms with E-state index in [2.05, 4.69) is 5.32 Å². The van der Waals surface area contributed by atoms with Gasteiger partial charge in [0.05, 0.1) is 6.67 Å². The first-order valence-corrected chi connectivity index (χ1v) is 8.10. The third kappa shape index (κ3) is 2.04. The highest BCUT2D eigenvalue weighted by Gasteiger charge is 2.62. The minimum Gasteiger partial charge on any atom is -0.480 e. The van der Waals surface area contributed by atoms with E-state index < -0.39 is 17.6 Å². The predicted octanol–water partition coefficient (Wildman–Crippen LogP) is 0.969. The van der Waals surface area contributed by atoms with Crippen LogP contribution in [0.4, 0.5) is 4.79 Å². The normalized spacial score (nSPS) is 35.1. The molecule has 3 fully saturated rings. The zero-order chi connectivity index (χ0) is 17.1. The van der Waals surface area contributed by atoms with Gasteiger partial charge in [0.15, 0.2) is 0 Å². The molecule has 126 valence electrons. The summed E-state index contributed by atoms with van der Waals surface area (Å²) in [6, 6.07) is 8.59. The fourth-order valence-corrected chi connectivity index (χ4v) is 3.91. The molecule has 2 unspecified atom stereocenters. The number of nitrogens with one attached hydrogen (secondary N) is 1. The average molecular weight is 329 g/mol. The van der Waals surface area contributed by atoms with E-state index in [0.29, 0.717) is 0 Å². The standard InChI is InChI=1S/C17H19N3O4/c1-17-8-12(14(21)22)18-9-19(17)16(24)20(15(17)23)13-7-11(13)10-5-3-2-4-6-10/h2-6,11-13,18H,7-9H2,1H3,(H,21,22)/t11-,12?,13+,17?/m1/s1. The number of amides is 3. The molecule has 3 aliphatic rings. The first kappa shape index (κ1) is 15.1. The van der Waals surface area contributed by atoms with Crippen LogP contribution in [0.5, 0.6) is 0 Å². The number of carboxylic acids is 1. The van der Waals surface area contributed by atoms with Gasteiger partial charge in [-0.25, -0.2) is 4.79 Å². The number of benzene rings is 1. The number of carbonyl (C=O) groups is 3. The Morgan fingerprint density at radius 3 is 2.67 bits per heavy atom. The first-order chi connectivity index (χ1) is 11.4. The molecule has 0 radical (unpaired) electrons. The van der Waals surface area contributed by atoms with Gasteiger partial charge in [-0.05, 0) is 18.9 Å². The first-order valence-electron chi connectivity index (χ1n) is 8.10. The van der Waals surface area contributed by atoms with Crippen molar-refractivity contribution >= 4 is 17.9 Å². The van der Waals surface area contributed by atoms with Gasteiger partial charge >= 0.3 is 12.0 Å². The van der Waals surface area contributed by atoms with Gasteiger partial charge in [0.25, 0.3) is 5.91 Å². The lowest BCUT2D eigenvalue weighted by molar-refractivity contribution is -0.143. The Morgan fingerprint density at radius 1 is 1.29 bits per heavy atom. The maximum Gasteiger partial charge on any atom is 0.328 e. The highest BCUT2D eigenvalue weighted by atomic mass is 16.4. The highest BCUT2D eigenvalue weighted by Crippen LogP contribution is 2.48. The summed E-state index contributed by atoms with van der Waals surface area (Å²) in [6.45, 7) is 1.75. The molecule has 3 amide bonds. The molecule has 7 heteroatoms. The van der Waals surface area contributed by atoms with E-state index in [-0.39, 0.29) is 37.0 Å². The van der Waals surface area contributed by atoms with Crippen LogP contribution < -0.4 is 5.32 Å². The third-order valence-electron chi connectivity index (χ3n) is 5.42. The molecule has 0 bridgehead atoms. The van der Waals surface area contributed by atoms with Gasteiger partial charge in [-0.3, -0.25) is 24.7 Å². The van der Waals surface area contributed by atoms with Crippen molar-refractivity contribution in [3.05, 3.63) is 35.9 Å². The molecule has 4 atom stereocenters. The Hall–Kier alpha value is -2.41. The number of hydrogen-bond donors (Lipinski definition) is 2. The fourth-order valence-electron chi connectivity index (χ4n) is 3.91. The van der Waals surface area contributed by atoms with Crippen molar-refractivity contribution in [2.75, 3.05) is 6.67 Å². The Labute approximate surface area is 139 Å². The lowest BCUT2D eigenvalue weighted by atomic mass is 9.89. The second kappa shape index (κ2) is 5.04. The number of carbonyl (C=O) groups excluding carboxylic acids is 2. The summed E-state index contributed by atoms with van der Waals surface area (Å²) in [7, 11) is 0. The molecule has 4 rings (SSSR count). The molecule has 2 heterocycles. The number of aliphatic carboxylic acids is 1. The van der Waals surface area contributed by atoms with Crippen molar-refractivity contribution in [3.63, 3.8) is 0 Å². The number of hydrogen-bond acceptors (Lipinski definition) is 4. The van der Waals surface area contributed by atoms with E-state index in [9.17, 15) is 19.5 Å². The third-order valence-corrected chi connectivity index (χ3v) is 5.42. The van der Waals surface area contributed by atoms with E-state index >= 15 is 0 Å². The molecule has 2 aliphatic heterocycles. The fraction of sp³-hybridized carbons (Fsp3) is 0.471. The zero-order valence-corrected chi connectivity index (χ0v) is 13.3. The molecule has 7 nitrogen and oxygen atoms in total. The van der Waals surface area contributed by atoms with Crippen LogP contribution in [-0.4, -0.2) is 57.1 Å². The van der Waals surface area contributed by atoms with Gasteiger partial charge in [-0.2, -0.15) is 0 Å². The minimum atomic E-state index is -1.07. The van der Waals surface area contributed by atoms with Crippen molar-refractivity contribution in [3.8, 4) is 0 Å². The van der Waals surface area contributed by atoms with Crippen molar-refractivity contribution < 1.29 is 19.5 Å². The van der Waals surface area contributed by atoms with E-state index in [1.807, 2.05) is 30.3 Å². The largest absolute Gasteiger partial charge is 0.480 e. The van der Waals surface area contributed by atoms with Crippen molar-refractivity contribution in [1.29, 1.82) is 0 Å². The molecule has 2 N–H and O–H groups in total. The maximum absolute atomic E-state index is 12.9. The van der Waals surface area contributed by atoms with E-state index in [1.54, 1.807) is 6.92 Å². The molecular weight excluding hydrogens is 310 g/mol. The van der Waals surface area contributed by atoms with Crippen LogP contribution in [0.15, 0.2) is 30.3 Å². The quantitative estimate of drug-likeness (QED) is 0.807. The predicted molar refractivity (Wildman–Crippen MR) is 84.1 cm³/mol. The van der Waals surface area contributed by atoms with Crippen LogP contribution in [0.1, 0.15) is 31.2 Å². The van der Waals surface area contributed by atoms with Crippen molar-refractivity contribution in [2.24, 2.45) is 0 Å². The molecule has 0 spiro atoms. The summed E-state index contributed by atoms with van der Waals surface area (Å²) >= 11 is 0. The molecule has 2 saturated heterocycles. The van der Waals surface area contributed by atoms with Crippen LogP contribution in [0.3, 0.4) is 0 Å². The van der Waals surface area contributed by atoms with Crippen LogP contribution >= 0.6 is 0 Å². The minimum absolute atomic E-state index is 0.0806. The van der Waals surface area contributed by atoms with E-state index in [4.69, 9.17) is 0 Å². The van der Waals surface area contributed by atoms with Crippen LogP contribution in [-0.2, 0) is 9.59 Å². The monoisotopic (exact) mass is 329 g/mol. The molecule has 24 heavy (non-hydrogen) atoms. The van der Waals surface area contributed by atoms with Crippen molar-refractivity contribution in [1.82, 2.24) is 15.1 Å². The molecule has 1 saturated carbocycles. The Kier molecular flexibility index (Phi) is 3.18. The number of rotatable bonds is 3. The van der Waals surface area contributed by atoms with E-state index in [1.165, 1.54) is 9.80 Å². The Balaban J connectivity index is 1.58. The topological polar surface area (TPSA) is 89.9 Å². The zero-order valence-electron chi connectivity index (χ0n) is 13.3. The summed E-state index contributed by atoms with van der Waals surface area (Å²) in [6.07, 6.45) is 0.854. The van der Waals surface area contributed by atoms with Gasteiger partial charge in [-0.15, -0.1) is 0 Å². The molecule has 1 aromatic carbocycles. The molecule has 1 aromatic rings. The molecule has 0 aromatic heterocycles. The number of carboxylic acid groups (broad SMARTS) is 1. The van der Waals surface area contributed by atoms with Gasteiger partial charge in [0.1, 0.15) is 11.6 Å². The summed E-state index contributed by atoms with van der Waals surface area (Å²) < 4.78 is 0. The smallest absolute Gasteiger partial charge is 0.328 e. The summed E-state index contributed by atoms with van der Waals surface area (Å²) in [5, 5.41) is 12.0. The lowest BCUT2D eigenvalue weighted by Crippen LogP contribution is -2.61. The SMILES string of the molecule is CC12CC(C(=O)O)NCN1C(=O)N([C@H]1C[C@@H]1c1ccccc1)C2=O. The van der Waals surface area contributed by atoms with Crippen LogP contribution in [0.2, 0.25) is 0 Å². The summed E-state index contributed by atoms with van der Waals surface area (Å²) in [5.41, 5.74) is 0.0505. The maximum atomic E-state index is 12.9.